The first kappa shape index (κ1) is 22.1. The van der Waals surface area contributed by atoms with E-state index in [0.717, 1.165) is 18.7 Å². The highest BCUT2D eigenvalue weighted by molar-refractivity contribution is 7.99. The summed E-state index contributed by atoms with van der Waals surface area (Å²) in [6.07, 6.45) is 4.04. The molecule has 1 aliphatic rings. The van der Waals surface area contributed by atoms with E-state index in [2.05, 4.69) is 27.4 Å². The summed E-state index contributed by atoms with van der Waals surface area (Å²) in [6, 6.07) is 13.7. The molecule has 2 aromatic carbocycles. The van der Waals surface area contributed by atoms with Crippen molar-refractivity contribution in [1.29, 1.82) is 0 Å². The summed E-state index contributed by atoms with van der Waals surface area (Å²) in [6.45, 7) is 4.41. The van der Waals surface area contributed by atoms with Gasteiger partial charge in [-0.05, 0) is 49.2 Å². The molecule has 164 valence electrons. The lowest BCUT2D eigenvalue weighted by atomic mass is 10.1. The standard InChI is InChI=1S/C23H22ClN5O2S/c1-2-13-29-21(15-7-8-15)27-28-23(29)32-14-20(30)26-19-6-4-3-5-18(19)22(31)25-17-11-9-16(24)10-12-17/h2-6,9-12,15H,1,7-8,13-14H2,(H,25,31)(H,26,30). The van der Waals surface area contributed by atoms with Crippen LogP contribution in [0.1, 0.15) is 34.9 Å². The normalized spacial score (nSPS) is 12.9. The van der Waals surface area contributed by atoms with Crippen molar-refractivity contribution in [3.63, 3.8) is 0 Å². The quantitative estimate of drug-likeness (QED) is 0.342. The Labute approximate surface area is 195 Å². The Morgan fingerprint density at radius 1 is 1.12 bits per heavy atom. The molecular formula is C23H22ClN5O2S. The second-order valence-electron chi connectivity index (χ2n) is 7.36. The first-order valence-electron chi connectivity index (χ1n) is 10.2. The van der Waals surface area contributed by atoms with Crippen LogP contribution >= 0.6 is 23.4 Å². The maximum absolute atomic E-state index is 12.7. The lowest BCUT2D eigenvalue weighted by Crippen LogP contribution is -2.19. The van der Waals surface area contributed by atoms with Gasteiger partial charge >= 0.3 is 0 Å². The van der Waals surface area contributed by atoms with Crippen LogP contribution in [0.2, 0.25) is 5.02 Å². The largest absolute Gasteiger partial charge is 0.325 e. The molecule has 1 aromatic heterocycles. The summed E-state index contributed by atoms with van der Waals surface area (Å²) in [4.78, 5) is 25.4. The predicted octanol–water partition coefficient (Wildman–Crippen LogP) is 4.98. The fourth-order valence-electron chi connectivity index (χ4n) is 3.19. The van der Waals surface area contributed by atoms with Crippen LogP contribution < -0.4 is 10.6 Å². The van der Waals surface area contributed by atoms with Gasteiger partial charge in [0.05, 0.1) is 17.0 Å². The highest BCUT2D eigenvalue weighted by Gasteiger charge is 2.30. The van der Waals surface area contributed by atoms with E-state index in [4.69, 9.17) is 11.6 Å². The van der Waals surface area contributed by atoms with Gasteiger partial charge in [-0.2, -0.15) is 0 Å². The Balaban J connectivity index is 1.40. The number of rotatable bonds is 9. The molecule has 1 saturated carbocycles. The van der Waals surface area contributed by atoms with Crippen LogP contribution in [0.25, 0.3) is 0 Å². The second-order valence-corrected chi connectivity index (χ2v) is 8.74. The SMILES string of the molecule is C=CCn1c(SCC(=O)Nc2ccccc2C(=O)Nc2ccc(Cl)cc2)nnc1C1CC1. The molecule has 7 nitrogen and oxygen atoms in total. The number of anilines is 2. The predicted molar refractivity (Wildman–Crippen MR) is 127 cm³/mol. The van der Waals surface area contributed by atoms with E-state index >= 15 is 0 Å². The molecule has 3 aromatic rings. The minimum atomic E-state index is -0.323. The van der Waals surface area contributed by atoms with E-state index in [1.54, 1.807) is 54.6 Å². The van der Waals surface area contributed by atoms with Gasteiger partial charge in [-0.1, -0.05) is 41.6 Å². The first-order valence-corrected chi connectivity index (χ1v) is 11.5. The van der Waals surface area contributed by atoms with Gasteiger partial charge in [0.2, 0.25) is 5.91 Å². The van der Waals surface area contributed by atoms with Crippen molar-refractivity contribution in [2.45, 2.75) is 30.5 Å². The molecule has 0 aliphatic heterocycles. The van der Waals surface area contributed by atoms with E-state index in [-0.39, 0.29) is 17.6 Å². The van der Waals surface area contributed by atoms with Crippen molar-refractivity contribution in [3.05, 3.63) is 77.6 Å². The topological polar surface area (TPSA) is 88.9 Å². The lowest BCUT2D eigenvalue weighted by molar-refractivity contribution is -0.113. The molecule has 4 rings (SSSR count). The fourth-order valence-corrected chi connectivity index (χ4v) is 4.07. The van der Waals surface area contributed by atoms with Gasteiger partial charge in [0, 0.05) is 23.2 Å². The summed E-state index contributed by atoms with van der Waals surface area (Å²) in [5, 5.41) is 15.5. The number of carbonyl (C=O) groups is 2. The van der Waals surface area contributed by atoms with Crippen LogP contribution in [0.5, 0.6) is 0 Å². The summed E-state index contributed by atoms with van der Waals surface area (Å²) in [5.74, 6) is 1.000. The number of hydrogen-bond donors (Lipinski definition) is 2. The Morgan fingerprint density at radius 2 is 1.88 bits per heavy atom. The molecule has 32 heavy (non-hydrogen) atoms. The zero-order chi connectivity index (χ0) is 22.5. The molecule has 0 bridgehead atoms. The Bertz CT molecular complexity index is 1140. The van der Waals surface area contributed by atoms with Gasteiger partial charge in [-0.15, -0.1) is 16.8 Å². The summed E-state index contributed by atoms with van der Waals surface area (Å²) in [7, 11) is 0. The average Bonchev–Trinajstić information content (AvgIpc) is 3.56. The number of aromatic nitrogens is 3. The minimum absolute atomic E-state index is 0.146. The third-order valence-corrected chi connectivity index (χ3v) is 6.10. The molecular weight excluding hydrogens is 446 g/mol. The number of carbonyl (C=O) groups excluding carboxylic acids is 2. The molecule has 1 heterocycles. The van der Waals surface area contributed by atoms with Crippen LogP contribution in [0.3, 0.4) is 0 Å². The third kappa shape index (κ3) is 5.38. The molecule has 0 atom stereocenters. The number of amides is 2. The van der Waals surface area contributed by atoms with Crippen LogP contribution in [-0.2, 0) is 11.3 Å². The number of hydrogen-bond acceptors (Lipinski definition) is 5. The molecule has 1 fully saturated rings. The maximum Gasteiger partial charge on any atom is 0.257 e. The third-order valence-electron chi connectivity index (χ3n) is 4.88. The average molecular weight is 468 g/mol. The zero-order valence-electron chi connectivity index (χ0n) is 17.3. The highest BCUT2D eigenvalue weighted by Crippen LogP contribution is 2.40. The van der Waals surface area contributed by atoms with Crippen LogP contribution in [0.15, 0.2) is 66.3 Å². The fraction of sp³-hybridized carbons (Fsp3) is 0.217. The number of nitrogens with zero attached hydrogens (tertiary/aromatic N) is 3. The van der Waals surface area contributed by atoms with Crippen LogP contribution in [0, 0.1) is 0 Å². The van der Waals surface area contributed by atoms with Gasteiger partial charge in [0.1, 0.15) is 5.82 Å². The van der Waals surface area contributed by atoms with Gasteiger partial charge in [0.25, 0.3) is 5.91 Å². The minimum Gasteiger partial charge on any atom is -0.325 e. The van der Waals surface area contributed by atoms with Gasteiger partial charge in [-0.25, -0.2) is 0 Å². The van der Waals surface area contributed by atoms with E-state index in [1.807, 2.05) is 4.57 Å². The monoisotopic (exact) mass is 467 g/mol. The van der Waals surface area contributed by atoms with Crippen molar-refractivity contribution in [2.75, 3.05) is 16.4 Å². The summed E-state index contributed by atoms with van der Waals surface area (Å²) >= 11 is 7.21. The smallest absolute Gasteiger partial charge is 0.257 e. The molecule has 0 radical (unpaired) electrons. The van der Waals surface area contributed by atoms with Gasteiger partial charge in [-0.3, -0.25) is 9.59 Å². The van der Waals surface area contributed by atoms with E-state index < -0.39 is 0 Å². The number of halogens is 1. The van der Waals surface area contributed by atoms with Crippen molar-refractivity contribution in [3.8, 4) is 0 Å². The van der Waals surface area contributed by atoms with Crippen molar-refractivity contribution in [1.82, 2.24) is 14.8 Å². The molecule has 0 saturated heterocycles. The van der Waals surface area contributed by atoms with E-state index in [1.165, 1.54) is 11.8 Å². The molecule has 0 unspecified atom stereocenters. The van der Waals surface area contributed by atoms with Gasteiger partial charge < -0.3 is 15.2 Å². The maximum atomic E-state index is 12.7. The van der Waals surface area contributed by atoms with Crippen LogP contribution in [-0.4, -0.2) is 32.3 Å². The molecule has 2 N–H and O–H groups in total. The Hall–Kier alpha value is -3.10. The number of nitrogens with one attached hydrogen (secondary N) is 2. The second kappa shape index (κ2) is 10.0. The lowest BCUT2D eigenvalue weighted by Gasteiger charge is -2.12. The Kier molecular flexibility index (Phi) is 6.92. The molecule has 9 heteroatoms. The zero-order valence-corrected chi connectivity index (χ0v) is 18.8. The van der Waals surface area contributed by atoms with E-state index in [0.29, 0.717) is 39.6 Å². The van der Waals surface area contributed by atoms with Crippen molar-refractivity contribution < 1.29 is 9.59 Å². The van der Waals surface area contributed by atoms with Crippen molar-refractivity contribution >= 4 is 46.6 Å². The number of thioether (sulfide) groups is 1. The number of allylic oxidation sites excluding steroid dienone is 1. The number of para-hydroxylation sites is 1. The molecule has 0 spiro atoms. The molecule has 1 aliphatic carbocycles. The summed E-state index contributed by atoms with van der Waals surface area (Å²) in [5.41, 5.74) is 1.42. The molecule has 2 amide bonds. The first-order chi connectivity index (χ1) is 15.5. The van der Waals surface area contributed by atoms with Gasteiger partial charge in [0.15, 0.2) is 5.16 Å². The number of benzene rings is 2. The summed E-state index contributed by atoms with van der Waals surface area (Å²) < 4.78 is 2.01. The van der Waals surface area contributed by atoms with E-state index in [9.17, 15) is 9.59 Å². The highest BCUT2D eigenvalue weighted by atomic mass is 35.5. The van der Waals surface area contributed by atoms with Crippen molar-refractivity contribution in [2.24, 2.45) is 0 Å². The Morgan fingerprint density at radius 3 is 2.59 bits per heavy atom. The van der Waals surface area contributed by atoms with Crippen LogP contribution in [0.4, 0.5) is 11.4 Å².